The van der Waals surface area contributed by atoms with Crippen molar-refractivity contribution in [2.24, 2.45) is 5.92 Å². The van der Waals surface area contributed by atoms with Crippen molar-refractivity contribution in [2.75, 3.05) is 0 Å². The molecule has 24 heavy (non-hydrogen) atoms. The van der Waals surface area contributed by atoms with Gasteiger partial charge in [-0.25, -0.2) is 14.2 Å². The lowest BCUT2D eigenvalue weighted by Crippen LogP contribution is -2.42. The molecule has 1 atom stereocenters. The highest BCUT2D eigenvalue weighted by molar-refractivity contribution is 7.13. The van der Waals surface area contributed by atoms with Crippen molar-refractivity contribution >= 4 is 23.2 Å². The summed E-state index contributed by atoms with van der Waals surface area (Å²) in [6.45, 7) is 3.80. The fraction of sp³-hybridized carbons (Fsp3) is 0.353. The summed E-state index contributed by atoms with van der Waals surface area (Å²) in [7, 11) is 0. The van der Waals surface area contributed by atoms with Gasteiger partial charge in [0.1, 0.15) is 16.9 Å². The Morgan fingerprint density at radius 3 is 2.54 bits per heavy atom. The van der Waals surface area contributed by atoms with Gasteiger partial charge in [-0.1, -0.05) is 13.8 Å². The molecule has 1 aromatic heterocycles. The number of rotatable bonds is 7. The van der Waals surface area contributed by atoms with Crippen molar-refractivity contribution < 1.29 is 19.1 Å². The van der Waals surface area contributed by atoms with Crippen LogP contribution in [-0.2, 0) is 16.0 Å². The molecule has 0 radical (unpaired) electrons. The summed E-state index contributed by atoms with van der Waals surface area (Å²) in [4.78, 5) is 27.6. The minimum atomic E-state index is -1.04. The summed E-state index contributed by atoms with van der Waals surface area (Å²) >= 11 is 1.36. The molecule has 0 unspecified atom stereocenters. The maximum absolute atomic E-state index is 12.9. The number of aliphatic carboxylic acids is 1. The Balaban J connectivity index is 1.99. The van der Waals surface area contributed by atoms with Crippen LogP contribution in [0.2, 0.25) is 0 Å². The number of amides is 1. The maximum atomic E-state index is 12.9. The first-order valence-corrected chi connectivity index (χ1v) is 8.45. The van der Waals surface area contributed by atoms with Crippen molar-refractivity contribution in [2.45, 2.75) is 32.7 Å². The molecule has 0 aliphatic rings. The highest BCUT2D eigenvalue weighted by Crippen LogP contribution is 2.24. The minimum Gasteiger partial charge on any atom is -0.480 e. The molecule has 0 bridgehead atoms. The monoisotopic (exact) mass is 350 g/mol. The van der Waals surface area contributed by atoms with E-state index in [0.29, 0.717) is 17.1 Å². The Morgan fingerprint density at radius 1 is 1.29 bits per heavy atom. The summed E-state index contributed by atoms with van der Waals surface area (Å²) in [6, 6.07) is 5.06. The van der Waals surface area contributed by atoms with E-state index in [0.717, 1.165) is 5.56 Å². The number of carboxylic acids is 1. The second-order valence-electron chi connectivity index (χ2n) is 5.92. The van der Waals surface area contributed by atoms with Gasteiger partial charge in [0, 0.05) is 10.9 Å². The Bertz CT molecular complexity index is 713. The van der Waals surface area contributed by atoms with Gasteiger partial charge < -0.3 is 10.4 Å². The van der Waals surface area contributed by atoms with E-state index in [4.69, 9.17) is 5.11 Å². The van der Waals surface area contributed by atoms with E-state index in [9.17, 15) is 14.0 Å². The summed E-state index contributed by atoms with van der Waals surface area (Å²) in [5, 5.41) is 14.1. The normalized spacial score (nSPS) is 12.2. The Labute approximate surface area is 143 Å². The zero-order valence-corrected chi connectivity index (χ0v) is 14.3. The molecule has 1 heterocycles. The molecule has 1 aromatic carbocycles. The number of nitrogens with one attached hydrogen (secondary N) is 1. The fourth-order valence-electron chi connectivity index (χ4n) is 2.22. The largest absolute Gasteiger partial charge is 0.480 e. The lowest BCUT2D eigenvalue weighted by molar-refractivity contribution is -0.142. The van der Waals surface area contributed by atoms with E-state index in [1.165, 1.54) is 23.5 Å². The molecule has 0 saturated carbocycles. The number of hydrogen-bond donors (Lipinski definition) is 2. The van der Waals surface area contributed by atoms with Crippen molar-refractivity contribution in [3.05, 3.63) is 41.2 Å². The van der Waals surface area contributed by atoms with Crippen LogP contribution in [0, 0.1) is 11.7 Å². The number of carbonyl (C=O) groups is 2. The van der Waals surface area contributed by atoms with E-state index in [1.54, 1.807) is 17.5 Å². The van der Waals surface area contributed by atoms with Crippen molar-refractivity contribution in [3.8, 4) is 10.6 Å². The lowest BCUT2D eigenvalue weighted by atomic mass is 10.0. The zero-order chi connectivity index (χ0) is 17.7. The average molecular weight is 350 g/mol. The number of benzene rings is 1. The Hall–Kier alpha value is -2.28. The van der Waals surface area contributed by atoms with E-state index >= 15 is 0 Å². The van der Waals surface area contributed by atoms with Crippen LogP contribution < -0.4 is 5.32 Å². The first-order valence-electron chi connectivity index (χ1n) is 7.57. The van der Waals surface area contributed by atoms with Gasteiger partial charge in [-0.05, 0) is 36.6 Å². The third kappa shape index (κ3) is 5.13. The number of aromatic nitrogens is 1. The Kier molecular flexibility index (Phi) is 6.03. The number of nitrogens with zero attached hydrogens (tertiary/aromatic N) is 1. The van der Waals surface area contributed by atoms with Crippen LogP contribution in [-0.4, -0.2) is 28.0 Å². The van der Waals surface area contributed by atoms with Gasteiger partial charge in [-0.3, -0.25) is 4.79 Å². The predicted octanol–water partition coefficient (Wildman–Crippen LogP) is 3.11. The van der Waals surface area contributed by atoms with Crippen LogP contribution in [0.5, 0.6) is 0 Å². The van der Waals surface area contributed by atoms with Gasteiger partial charge in [0.25, 0.3) is 0 Å². The van der Waals surface area contributed by atoms with E-state index in [-0.39, 0.29) is 24.1 Å². The first kappa shape index (κ1) is 18.1. The predicted molar refractivity (Wildman–Crippen MR) is 90.2 cm³/mol. The molecule has 0 aliphatic heterocycles. The number of thiazole rings is 1. The highest BCUT2D eigenvalue weighted by Gasteiger charge is 2.21. The standard InChI is InChI=1S/C17H19FN2O3S/c1-10(2)7-14(17(22)23)20-15(21)8-13-9-24-16(19-13)11-3-5-12(18)6-4-11/h3-6,9-10,14H,7-8H2,1-2H3,(H,20,21)(H,22,23)/t14-/m1/s1. The van der Waals surface area contributed by atoms with Gasteiger partial charge >= 0.3 is 5.97 Å². The maximum Gasteiger partial charge on any atom is 0.326 e. The molecule has 0 saturated heterocycles. The molecule has 1 amide bonds. The smallest absolute Gasteiger partial charge is 0.326 e. The van der Waals surface area contributed by atoms with Crippen LogP contribution in [0.4, 0.5) is 4.39 Å². The molecule has 2 N–H and O–H groups in total. The molecule has 2 aromatic rings. The van der Waals surface area contributed by atoms with Gasteiger partial charge in [0.05, 0.1) is 12.1 Å². The summed E-state index contributed by atoms with van der Waals surface area (Å²) in [5.74, 6) is -1.57. The molecule has 0 spiro atoms. The topological polar surface area (TPSA) is 79.3 Å². The third-order valence-corrected chi connectivity index (χ3v) is 4.27. The molecular formula is C17H19FN2O3S. The lowest BCUT2D eigenvalue weighted by Gasteiger charge is -2.16. The van der Waals surface area contributed by atoms with Crippen molar-refractivity contribution in [3.63, 3.8) is 0 Å². The van der Waals surface area contributed by atoms with Crippen LogP contribution in [0.1, 0.15) is 26.0 Å². The van der Waals surface area contributed by atoms with Gasteiger partial charge in [0.15, 0.2) is 0 Å². The van der Waals surface area contributed by atoms with Gasteiger partial charge in [-0.2, -0.15) is 0 Å². The van der Waals surface area contributed by atoms with E-state index < -0.39 is 12.0 Å². The van der Waals surface area contributed by atoms with Crippen molar-refractivity contribution in [1.82, 2.24) is 10.3 Å². The molecule has 128 valence electrons. The minimum absolute atomic E-state index is 0.0135. The van der Waals surface area contributed by atoms with Gasteiger partial charge in [-0.15, -0.1) is 11.3 Å². The summed E-state index contributed by atoms with van der Waals surface area (Å²) in [5.41, 5.74) is 1.33. The molecule has 0 fully saturated rings. The first-order chi connectivity index (χ1) is 11.3. The second-order valence-corrected chi connectivity index (χ2v) is 6.77. The SMILES string of the molecule is CC(C)C[C@@H](NC(=O)Cc1csc(-c2ccc(F)cc2)n1)C(=O)O. The zero-order valence-electron chi connectivity index (χ0n) is 13.5. The van der Waals surface area contributed by atoms with Crippen LogP contribution in [0.25, 0.3) is 10.6 Å². The van der Waals surface area contributed by atoms with Crippen LogP contribution in [0.15, 0.2) is 29.6 Å². The quantitative estimate of drug-likeness (QED) is 0.804. The molecule has 7 heteroatoms. The number of carboxylic acid groups (broad SMARTS) is 1. The molecule has 2 rings (SSSR count). The molecular weight excluding hydrogens is 331 g/mol. The number of carbonyl (C=O) groups excluding carboxylic acids is 1. The number of hydrogen-bond acceptors (Lipinski definition) is 4. The summed E-state index contributed by atoms with van der Waals surface area (Å²) in [6.07, 6.45) is 0.387. The van der Waals surface area contributed by atoms with E-state index in [2.05, 4.69) is 10.3 Å². The number of halogens is 1. The molecule has 5 nitrogen and oxygen atoms in total. The Morgan fingerprint density at radius 2 is 1.96 bits per heavy atom. The summed E-state index contributed by atoms with van der Waals surface area (Å²) < 4.78 is 12.9. The van der Waals surface area contributed by atoms with E-state index in [1.807, 2.05) is 13.8 Å². The van der Waals surface area contributed by atoms with Crippen LogP contribution in [0.3, 0.4) is 0 Å². The highest BCUT2D eigenvalue weighted by atomic mass is 32.1. The van der Waals surface area contributed by atoms with Crippen LogP contribution >= 0.6 is 11.3 Å². The molecule has 0 aliphatic carbocycles. The third-order valence-electron chi connectivity index (χ3n) is 3.33. The van der Waals surface area contributed by atoms with Gasteiger partial charge in [0.2, 0.25) is 5.91 Å². The fourth-order valence-corrected chi connectivity index (χ4v) is 3.04. The average Bonchev–Trinajstić information content (AvgIpc) is 2.95. The van der Waals surface area contributed by atoms with Crippen molar-refractivity contribution in [1.29, 1.82) is 0 Å². The second kappa shape index (κ2) is 8.01.